The van der Waals surface area contributed by atoms with Crippen molar-refractivity contribution in [3.63, 3.8) is 0 Å². The number of nitrogens with one attached hydrogen (secondary N) is 3. The first kappa shape index (κ1) is 17.2. The van der Waals surface area contributed by atoms with E-state index in [4.69, 9.17) is 0 Å². The number of aromatic nitrogens is 2. The van der Waals surface area contributed by atoms with E-state index in [0.717, 1.165) is 38.1 Å². The summed E-state index contributed by atoms with van der Waals surface area (Å²) in [4.78, 5) is 30.6. The van der Waals surface area contributed by atoms with Crippen LogP contribution in [0.1, 0.15) is 0 Å². The molecule has 1 fully saturated rings. The van der Waals surface area contributed by atoms with E-state index in [1.165, 1.54) is 0 Å². The molecule has 1 aromatic carbocycles. The lowest BCUT2D eigenvalue weighted by Gasteiger charge is -2.34. The van der Waals surface area contributed by atoms with Crippen LogP contribution >= 0.6 is 0 Å². The van der Waals surface area contributed by atoms with Gasteiger partial charge in [-0.3, -0.25) is 14.5 Å². The van der Waals surface area contributed by atoms with Gasteiger partial charge in [0.15, 0.2) is 4.90 Å². The summed E-state index contributed by atoms with van der Waals surface area (Å²) in [6.07, 6.45) is 0.877. The molecule has 2 aromatic rings. The number of sulfonamides is 1. The van der Waals surface area contributed by atoms with Crippen molar-refractivity contribution < 1.29 is 8.42 Å². The zero-order valence-electron chi connectivity index (χ0n) is 13.7. The molecule has 10 heteroatoms. The third kappa shape index (κ3) is 3.91. The van der Waals surface area contributed by atoms with E-state index in [2.05, 4.69) is 26.6 Å². The zero-order valence-corrected chi connectivity index (χ0v) is 14.5. The second-order valence-electron chi connectivity index (χ2n) is 5.88. The van der Waals surface area contributed by atoms with E-state index >= 15 is 0 Å². The summed E-state index contributed by atoms with van der Waals surface area (Å²) < 4.78 is 26.9. The number of piperazine rings is 1. The van der Waals surface area contributed by atoms with Gasteiger partial charge in [-0.2, -0.15) is 0 Å². The van der Waals surface area contributed by atoms with Gasteiger partial charge in [-0.25, -0.2) is 13.2 Å². The summed E-state index contributed by atoms with van der Waals surface area (Å²) in [5.74, 6) is 0. The number of nitrogens with zero attached hydrogens (tertiary/aromatic N) is 2. The molecule has 3 N–H and O–H groups in total. The van der Waals surface area contributed by atoms with Crippen LogP contribution in [0, 0.1) is 0 Å². The predicted octanol–water partition coefficient (Wildman–Crippen LogP) is -0.384. The molecular formula is C15H19N5O4S. The van der Waals surface area contributed by atoms with Crippen LogP contribution in [0.4, 0.5) is 11.4 Å². The molecule has 0 bridgehead atoms. The van der Waals surface area contributed by atoms with E-state index in [1.807, 2.05) is 17.1 Å². The van der Waals surface area contributed by atoms with Crippen molar-refractivity contribution in [2.24, 2.45) is 0 Å². The Morgan fingerprint density at radius 2 is 1.68 bits per heavy atom. The van der Waals surface area contributed by atoms with Gasteiger partial charge in [-0.1, -0.05) is 0 Å². The monoisotopic (exact) mass is 365 g/mol. The van der Waals surface area contributed by atoms with Crippen LogP contribution in [0.25, 0.3) is 0 Å². The lowest BCUT2D eigenvalue weighted by Crippen LogP contribution is -2.44. The largest absolute Gasteiger partial charge is 0.369 e. The average Bonchev–Trinajstić information content (AvgIpc) is 2.55. The second-order valence-corrected chi connectivity index (χ2v) is 7.53. The highest BCUT2D eigenvalue weighted by Crippen LogP contribution is 2.20. The summed E-state index contributed by atoms with van der Waals surface area (Å²) >= 11 is 0. The molecule has 0 amide bonds. The van der Waals surface area contributed by atoms with Crippen LogP contribution in [0.15, 0.2) is 44.9 Å². The van der Waals surface area contributed by atoms with Gasteiger partial charge in [-0.15, -0.1) is 0 Å². The van der Waals surface area contributed by atoms with Gasteiger partial charge in [-0.05, 0) is 31.3 Å². The first-order valence-corrected chi connectivity index (χ1v) is 9.22. The molecule has 0 aliphatic carbocycles. The second kappa shape index (κ2) is 6.73. The Balaban J connectivity index is 1.76. The van der Waals surface area contributed by atoms with E-state index < -0.39 is 26.2 Å². The van der Waals surface area contributed by atoms with Gasteiger partial charge in [0.1, 0.15) is 0 Å². The minimum absolute atomic E-state index is 0.337. The molecule has 1 aliphatic heterocycles. The minimum atomic E-state index is -4.09. The summed E-state index contributed by atoms with van der Waals surface area (Å²) in [6, 6.07) is 6.96. The van der Waals surface area contributed by atoms with Crippen LogP contribution in [-0.2, 0) is 10.0 Å². The summed E-state index contributed by atoms with van der Waals surface area (Å²) in [6.45, 7) is 3.77. The van der Waals surface area contributed by atoms with Crippen LogP contribution < -0.4 is 20.9 Å². The van der Waals surface area contributed by atoms with Gasteiger partial charge in [0.2, 0.25) is 0 Å². The summed E-state index contributed by atoms with van der Waals surface area (Å²) in [5, 5.41) is 0. The molecule has 0 atom stereocenters. The summed E-state index contributed by atoms with van der Waals surface area (Å²) in [5.41, 5.74) is -0.382. The highest BCUT2D eigenvalue weighted by molar-refractivity contribution is 7.92. The molecule has 1 aliphatic rings. The van der Waals surface area contributed by atoms with E-state index in [0.29, 0.717) is 5.69 Å². The standard InChI is InChI=1S/C15H19N5O4S/c1-19-6-8-20(9-7-19)12-4-2-11(3-5-12)18-25(23,24)13-10-16-15(22)17-14(13)21/h2-5,10,18H,6-9H2,1H3,(H2,16,17,21,22). The molecule has 134 valence electrons. The first-order chi connectivity index (χ1) is 11.8. The Kier molecular flexibility index (Phi) is 4.64. The summed E-state index contributed by atoms with van der Waals surface area (Å²) in [7, 11) is -2.01. The fourth-order valence-electron chi connectivity index (χ4n) is 2.61. The molecular weight excluding hydrogens is 346 g/mol. The van der Waals surface area contributed by atoms with Gasteiger partial charge in [0.05, 0.1) is 0 Å². The molecule has 0 unspecified atom stereocenters. The number of likely N-dealkylation sites (N-methyl/N-ethyl adjacent to an activating group) is 1. The van der Waals surface area contributed by atoms with Crippen molar-refractivity contribution in [3.05, 3.63) is 51.3 Å². The Bertz CT molecular complexity index is 956. The number of aromatic amines is 2. The maximum absolute atomic E-state index is 12.3. The van der Waals surface area contributed by atoms with Crippen LogP contribution in [0.2, 0.25) is 0 Å². The molecule has 9 nitrogen and oxygen atoms in total. The van der Waals surface area contributed by atoms with Crippen LogP contribution in [-0.4, -0.2) is 56.5 Å². The smallest absolute Gasteiger partial charge is 0.325 e. The lowest BCUT2D eigenvalue weighted by molar-refractivity contribution is 0.313. The number of hydrogen-bond donors (Lipinski definition) is 3. The topological polar surface area (TPSA) is 118 Å². The fourth-order valence-corrected chi connectivity index (χ4v) is 3.68. The predicted molar refractivity (Wildman–Crippen MR) is 94.6 cm³/mol. The Morgan fingerprint density at radius 3 is 2.28 bits per heavy atom. The Morgan fingerprint density at radius 1 is 1.04 bits per heavy atom. The maximum atomic E-state index is 12.3. The quantitative estimate of drug-likeness (QED) is 0.679. The number of benzene rings is 1. The molecule has 1 aromatic heterocycles. The molecule has 0 saturated carbocycles. The van der Waals surface area contributed by atoms with E-state index in [9.17, 15) is 18.0 Å². The van der Waals surface area contributed by atoms with E-state index in [1.54, 1.807) is 12.1 Å². The highest BCUT2D eigenvalue weighted by atomic mass is 32.2. The van der Waals surface area contributed by atoms with Crippen molar-refractivity contribution in [2.45, 2.75) is 4.90 Å². The van der Waals surface area contributed by atoms with Crippen molar-refractivity contribution in [1.82, 2.24) is 14.9 Å². The van der Waals surface area contributed by atoms with Crippen molar-refractivity contribution >= 4 is 21.4 Å². The van der Waals surface area contributed by atoms with Gasteiger partial charge in [0.25, 0.3) is 15.6 Å². The Hall–Kier alpha value is -2.59. The fraction of sp³-hybridized carbons (Fsp3) is 0.333. The number of hydrogen-bond acceptors (Lipinski definition) is 6. The third-order valence-corrected chi connectivity index (χ3v) is 5.45. The number of H-pyrrole nitrogens is 2. The molecule has 1 saturated heterocycles. The van der Waals surface area contributed by atoms with Gasteiger partial charge < -0.3 is 14.8 Å². The normalized spacial score (nSPS) is 16.0. The average molecular weight is 365 g/mol. The molecule has 0 spiro atoms. The molecule has 0 radical (unpaired) electrons. The SMILES string of the molecule is CN1CCN(c2ccc(NS(=O)(=O)c3c[nH]c(=O)[nH]c3=O)cc2)CC1. The van der Waals surface area contributed by atoms with Crippen molar-refractivity contribution in [1.29, 1.82) is 0 Å². The minimum Gasteiger partial charge on any atom is -0.369 e. The molecule has 2 heterocycles. The third-order valence-electron chi connectivity index (χ3n) is 4.06. The van der Waals surface area contributed by atoms with Crippen molar-refractivity contribution in [3.8, 4) is 0 Å². The number of rotatable bonds is 4. The first-order valence-electron chi connectivity index (χ1n) is 7.73. The number of anilines is 2. The van der Waals surface area contributed by atoms with Crippen molar-refractivity contribution in [2.75, 3.05) is 42.8 Å². The van der Waals surface area contributed by atoms with E-state index in [-0.39, 0.29) is 0 Å². The van der Waals surface area contributed by atoms with Crippen LogP contribution in [0.3, 0.4) is 0 Å². The maximum Gasteiger partial charge on any atom is 0.325 e. The highest BCUT2D eigenvalue weighted by Gasteiger charge is 2.19. The Labute approximate surface area is 144 Å². The van der Waals surface area contributed by atoms with Gasteiger partial charge in [0, 0.05) is 43.8 Å². The molecule has 3 rings (SSSR count). The lowest BCUT2D eigenvalue weighted by atomic mass is 10.2. The van der Waals surface area contributed by atoms with Crippen LogP contribution in [0.5, 0.6) is 0 Å². The molecule has 25 heavy (non-hydrogen) atoms. The zero-order chi connectivity index (χ0) is 18.0. The van der Waals surface area contributed by atoms with Gasteiger partial charge >= 0.3 is 5.69 Å².